The van der Waals surface area contributed by atoms with Gasteiger partial charge in [0.05, 0.1) is 27.8 Å². The van der Waals surface area contributed by atoms with Crippen LogP contribution in [0.5, 0.6) is 5.75 Å². The highest BCUT2D eigenvalue weighted by Crippen LogP contribution is 2.37. The topological polar surface area (TPSA) is 143 Å². The maximum absolute atomic E-state index is 13.5. The Hall–Kier alpha value is -5.25. The standard InChI is InChI=1S/C46H51ClN6O6/c1-28-21-37(59-36-9-7-33(25-48)40(47)24-36)22-34(28)27-50(2)44(56)32-5-3-30(4-6-32)31-15-17-51(18-16-31)26-29-13-19-52(20-14-29)35-8-10-38-39(23-35)46(58)53(45(38)57)41-11-12-42(54)49-43(41)55/h3-10,23-24,28-29,31,34,37,41H,11-22,26-27H2,1-2H3,(H,49,54,55)/t28-,34-,37-,41?/m1/s1. The van der Waals surface area contributed by atoms with E-state index < -0.39 is 23.8 Å². The van der Waals surface area contributed by atoms with E-state index in [1.807, 2.05) is 30.1 Å². The summed E-state index contributed by atoms with van der Waals surface area (Å²) in [5.74, 6) is 0.534. The molecule has 0 aromatic heterocycles. The van der Waals surface area contributed by atoms with E-state index in [0.29, 0.717) is 63.2 Å². The number of carbonyl (C=O) groups excluding carboxylic acids is 5. The molecule has 0 spiro atoms. The number of nitriles is 1. The SMILES string of the molecule is C[C@@H]1C[C@@H](Oc2ccc(C#N)c(Cl)c2)C[C@@H]1CN(C)C(=O)c1ccc(C2CCN(CC3CCN(c4ccc5c(c4)C(=O)N(C4CCC(=O)NC4=O)C5=O)CC3)CC2)cc1. The molecule has 1 N–H and O–H groups in total. The van der Waals surface area contributed by atoms with Crippen LogP contribution < -0.4 is 15.0 Å². The van der Waals surface area contributed by atoms with Gasteiger partial charge >= 0.3 is 0 Å². The van der Waals surface area contributed by atoms with Gasteiger partial charge in [0.15, 0.2) is 0 Å². The van der Waals surface area contributed by atoms with Crippen molar-refractivity contribution in [2.75, 3.05) is 51.2 Å². The summed E-state index contributed by atoms with van der Waals surface area (Å²) in [4.78, 5) is 71.7. The second kappa shape index (κ2) is 17.2. The van der Waals surface area contributed by atoms with Gasteiger partial charge in [0.1, 0.15) is 17.9 Å². The third-order valence-corrected chi connectivity index (χ3v) is 13.7. The van der Waals surface area contributed by atoms with Crippen molar-refractivity contribution < 1.29 is 28.7 Å². The van der Waals surface area contributed by atoms with E-state index >= 15 is 0 Å². The van der Waals surface area contributed by atoms with Crippen LogP contribution in [0.2, 0.25) is 5.02 Å². The maximum atomic E-state index is 13.5. The molecule has 1 saturated carbocycles. The Kier molecular flexibility index (Phi) is 11.8. The third kappa shape index (κ3) is 8.59. The molecule has 308 valence electrons. The fourth-order valence-electron chi connectivity index (χ4n) is 9.87. The first-order chi connectivity index (χ1) is 28.4. The first kappa shape index (κ1) is 40.5. The average Bonchev–Trinajstić information content (AvgIpc) is 3.70. The average molecular weight is 819 g/mol. The van der Waals surface area contributed by atoms with Gasteiger partial charge in [-0.05, 0) is 130 Å². The zero-order chi connectivity index (χ0) is 41.4. The number of benzene rings is 3. The Balaban J connectivity index is 0.768. The lowest BCUT2D eigenvalue weighted by Crippen LogP contribution is -2.54. The van der Waals surface area contributed by atoms with Crippen LogP contribution in [0, 0.1) is 29.1 Å². The number of anilines is 1. The lowest BCUT2D eigenvalue weighted by atomic mass is 9.88. The Morgan fingerprint density at radius 3 is 2.32 bits per heavy atom. The summed E-state index contributed by atoms with van der Waals surface area (Å²) < 4.78 is 6.22. The van der Waals surface area contributed by atoms with Gasteiger partial charge in [0.25, 0.3) is 17.7 Å². The Morgan fingerprint density at radius 2 is 1.63 bits per heavy atom. The predicted octanol–water partition coefficient (Wildman–Crippen LogP) is 6.27. The number of halogens is 1. The molecule has 59 heavy (non-hydrogen) atoms. The number of imide groups is 2. The zero-order valence-corrected chi connectivity index (χ0v) is 34.5. The number of nitrogens with zero attached hydrogens (tertiary/aromatic N) is 5. The lowest BCUT2D eigenvalue weighted by Gasteiger charge is -2.38. The molecule has 8 rings (SSSR count). The van der Waals surface area contributed by atoms with Crippen molar-refractivity contribution in [3.8, 4) is 11.8 Å². The highest BCUT2D eigenvalue weighted by molar-refractivity contribution is 6.31. The van der Waals surface area contributed by atoms with Gasteiger partial charge in [-0.1, -0.05) is 30.7 Å². The van der Waals surface area contributed by atoms with Crippen molar-refractivity contribution >= 4 is 46.8 Å². The molecule has 5 aliphatic rings. The van der Waals surface area contributed by atoms with E-state index in [1.54, 1.807) is 30.3 Å². The Bertz CT molecular complexity index is 2170. The van der Waals surface area contributed by atoms with E-state index in [9.17, 15) is 24.0 Å². The molecule has 1 aliphatic carbocycles. The van der Waals surface area contributed by atoms with Crippen LogP contribution in [-0.4, -0.2) is 103 Å². The van der Waals surface area contributed by atoms with Crippen LogP contribution in [-0.2, 0) is 9.59 Å². The number of piperidine rings is 3. The summed E-state index contributed by atoms with van der Waals surface area (Å²) in [5, 5.41) is 11.8. The van der Waals surface area contributed by atoms with Crippen LogP contribution in [0.3, 0.4) is 0 Å². The monoisotopic (exact) mass is 818 g/mol. The molecule has 5 amide bonds. The van der Waals surface area contributed by atoms with Gasteiger partial charge in [0, 0.05) is 57.0 Å². The summed E-state index contributed by atoms with van der Waals surface area (Å²) in [7, 11) is 1.88. The number of likely N-dealkylation sites (tertiary alicyclic amines) is 1. The second-order valence-corrected chi connectivity index (χ2v) is 17.6. The minimum absolute atomic E-state index is 0.0315. The number of hydrogen-bond acceptors (Lipinski definition) is 9. The molecule has 4 aliphatic heterocycles. The van der Waals surface area contributed by atoms with Crippen LogP contribution in [0.1, 0.15) is 106 Å². The lowest BCUT2D eigenvalue weighted by molar-refractivity contribution is -0.136. The number of fused-ring (bicyclic) bond motifs is 1. The zero-order valence-electron chi connectivity index (χ0n) is 33.7. The molecule has 12 nitrogen and oxygen atoms in total. The summed E-state index contributed by atoms with van der Waals surface area (Å²) >= 11 is 6.21. The smallest absolute Gasteiger partial charge is 0.262 e. The van der Waals surface area contributed by atoms with E-state index in [-0.39, 0.29) is 30.8 Å². The summed E-state index contributed by atoms with van der Waals surface area (Å²) in [6, 6.07) is 19.9. The number of carbonyl (C=O) groups is 5. The molecule has 3 aromatic carbocycles. The predicted molar refractivity (Wildman–Crippen MR) is 222 cm³/mol. The molecule has 4 atom stereocenters. The van der Waals surface area contributed by atoms with Crippen LogP contribution in [0.25, 0.3) is 0 Å². The molecular formula is C46H51ClN6O6. The van der Waals surface area contributed by atoms with Crippen molar-refractivity contribution in [3.05, 3.63) is 93.5 Å². The van der Waals surface area contributed by atoms with E-state index in [2.05, 4.69) is 40.2 Å². The summed E-state index contributed by atoms with van der Waals surface area (Å²) in [6.45, 7) is 7.76. The van der Waals surface area contributed by atoms with Crippen molar-refractivity contribution in [3.63, 3.8) is 0 Å². The molecule has 4 heterocycles. The largest absolute Gasteiger partial charge is 0.490 e. The molecule has 1 unspecified atom stereocenters. The molecule has 4 fully saturated rings. The number of hydrogen-bond donors (Lipinski definition) is 1. The molecule has 3 aromatic rings. The van der Waals surface area contributed by atoms with E-state index in [1.165, 1.54) is 5.56 Å². The molecule has 0 bridgehead atoms. The minimum atomic E-state index is -0.967. The van der Waals surface area contributed by atoms with E-state index in [0.717, 1.165) is 81.8 Å². The summed E-state index contributed by atoms with van der Waals surface area (Å²) in [6.07, 6.45) is 6.28. The Morgan fingerprint density at radius 1 is 0.898 bits per heavy atom. The van der Waals surface area contributed by atoms with Crippen molar-refractivity contribution in [1.82, 2.24) is 20.0 Å². The molecule has 3 saturated heterocycles. The van der Waals surface area contributed by atoms with Crippen LogP contribution in [0.4, 0.5) is 5.69 Å². The molecular weight excluding hydrogens is 768 g/mol. The van der Waals surface area contributed by atoms with Gasteiger partial charge in [-0.2, -0.15) is 5.26 Å². The number of ether oxygens (including phenoxy) is 1. The van der Waals surface area contributed by atoms with E-state index in [4.69, 9.17) is 21.6 Å². The number of amides is 5. The van der Waals surface area contributed by atoms with Gasteiger partial charge in [-0.3, -0.25) is 34.2 Å². The van der Waals surface area contributed by atoms with Gasteiger partial charge in [-0.15, -0.1) is 0 Å². The maximum Gasteiger partial charge on any atom is 0.262 e. The van der Waals surface area contributed by atoms with Crippen LogP contribution in [0.15, 0.2) is 60.7 Å². The number of nitrogens with one attached hydrogen (secondary N) is 1. The Labute approximate surface area is 350 Å². The first-order valence-corrected chi connectivity index (χ1v) is 21.4. The fourth-order valence-corrected chi connectivity index (χ4v) is 10.1. The minimum Gasteiger partial charge on any atom is -0.490 e. The van der Waals surface area contributed by atoms with Crippen molar-refractivity contribution in [2.24, 2.45) is 17.8 Å². The van der Waals surface area contributed by atoms with Gasteiger partial charge in [0.2, 0.25) is 11.8 Å². The van der Waals surface area contributed by atoms with Gasteiger partial charge in [-0.25, -0.2) is 0 Å². The second-order valence-electron chi connectivity index (χ2n) is 17.2. The highest BCUT2D eigenvalue weighted by Gasteiger charge is 2.45. The first-order valence-electron chi connectivity index (χ1n) is 21.0. The highest BCUT2D eigenvalue weighted by atomic mass is 35.5. The normalized spacial score (nSPS) is 24.2. The van der Waals surface area contributed by atoms with Crippen molar-refractivity contribution in [2.45, 2.75) is 76.4 Å². The van der Waals surface area contributed by atoms with Gasteiger partial charge < -0.3 is 19.4 Å². The molecule has 13 heteroatoms. The molecule has 0 radical (unpaired) electrons. The summed E-state index contributed by atoms with van der Waals surface area (Å²) in [5.41, 5.74) is 3.96. The quantitative estimate of drug-likeness (QED) is 0.234. The van der Waals surface area contributed by atoms with Crippen molar-refractivity contribution in [1.29, 1.82) is 5.26 Å². The van der Waals surface area contributed by atoms with Crippen LogP contribution >= 0.6 is 11.6 Å². The fraction of sp³-hybridized carbons (Fsp3) is 0.478. The third-order valence-electron chi connectivity index (χ3n) is 13.4. The number of rotatable bonds is 10.